The van der Waals surface area contributed by atoms with Crippen LogP contribution in [0.1, 0.15) is 47.9 Å². The lowest BCUT2D eigenvalue weighted by Gasteiger charge is -2.26. The molecule has 5 rings (SSSR count). The van der Waals surface area contributed by atoms with Gasteiger partial charge in [-0.05, 0) is 59.7 Å². The molecule has 13 heteroatoms. The lowest BCUT2D eigenvalue weighted by molar-refractivity contribution is -0.141. The number of hydrogen-bond donors (Lipinski definition) is 1. The predicted octanol–water partition coefficient (Wildman–Crippen LogP) is 6.17. The van der Waals surface area contributed by atoms with Gasteiger partial charge in [0.05, 0.1) is 27.7 Å². The molecule has 224 valence electrons. The molecule has 1 N–H and O–H groups in total. The van der Waals surface area contributed by atoms with Crippen LogP contribution < -0.4 is 10.2 Å². The minimum atomic E-state index is -4.57. The quantitative estimate of drug-likeness (QED) is 0.232. The molecule has 8 nitrogen and oxygen atoms in total. The highest BCUT2D eigenvalue weighted by molar-refractivity contribution is 6.42. The summed E-state index contributed by atoms with van der Waals surface area (Å²) in [5.74, 6) is -2.29. The Labute approximate surface area is 259 Å². The molecule has 1 aromatic heterocycles. The zero-order valence-corrected chi connectivity index (χ0v) is 24.1. The van der Waals surface area contributed by atoms with Crippen LogP contribution in [0.15, 0.2) is 85.1 Å². The maximum atomic E-state index is 13.7. The molecular formula is C31H21Cl2F3N4O4. The van der Waals surface area contributed by atoms with Gasteiger partial charge in [0.15, 0.2) is 0 Å². The topological polar surface area (TPSA) is 99.7 Å². The number of nitrogens with zero attached hydrogens (tertiary/aromatic N) is 3. The van der Waals surface area contributed by atoms with Gasteiger partial charge in [-0.3, -0.25) is 29.1 Å². The Kier molecular flexibility index (Phi) is 8.70. The van der Waals surface area contributed by atoms with Gasteiger partial charge in [0.2, 0.25) is 5.91 Å². The molecule has 0 radical (unpaired) electrons. The van der Waals surface area contributed by atoms with Crippen LogP contribution in [-0.4, -0.2) is 40.1 Å². The number of pyridine rings is 1. The van der Waals surface area contributed by atoms with Gasteiger partial charge >= 0.3 is 6.18 Å². The van der Waals surface area contributed by atoms with Gasteiger partial charge in [-0.1, -0.05) is 53.5 Å². The number of aromatic nitrogens is 1. The van der Waals surface area contributed by atoms with Gasteiger partial charge < -0.3 is 10.2 Å². The average molecular weight is 641 g/mol. The van der Waals surface area contributed by atoms with Gasteiger partial charge in [0, 0.05) is 24.0 Å². The van der Waals surface area contributed by atoms with Crippen LogP contribution in [0.2, 0.25) is 10.0 Å². The van der Waals surface area contributed by atoms with Crippen LogP contribution in [0.3, 0.4) is 0 Å². The molecule has 2 heterocycles. The number of halogens is 5. The Morgan fingerprint density at radius 2 is 1.52 bits per heavy atom. The monoisotopic (exact) mass is 640 g/mol. The Morgan fingerprint density at radius 1 is 0.864 bits per heavy atom. The second kappa shape index (κ2) is 12.5. The molecule has 0 bridgehead atoms. The highest BCUT2D eigenvalue weighted by Crippen LogP contribution is 2.30. The van der Waals surface area contributed by atoms with Crippen molar-refractivity contribution in [2.45, 2.75) is 19.3 Å². The van der Waals surface area contributed by atoms with E-state index in [1.165, 1.54) is 47.4 Å². The van der Waals surface area contributed by atoms with Crippen LogP contribution in [-0.2, 0) is 24.1 Å². The first kappa shape index (κ1) is 30.7. The summed E-state index contributed by atoms with van der Waals surface area (Å²) >= 11 is 12.6. The molecule has 0 fully saturated rings. The highest BCUT2D eigenvalue weighted by Gasteiger charge is 2.37. The molecule has 0 saturated carbocycles. The molecule has 1 aliphatic rings. The van der Waals surface area contributed by atoms with Crippen LogP contribution in [0.25, 0.3) is 0 Å². The first-order valence-electron chi connectivity index (χ1n) is 13.0. The Hall–Kier alpha value is -4.74. The van der Waals surface area contributed by atoms with Crippen LogP contribution in [0.4, 0.5) is 18.9 Å². The number of amides is 4. The number of rotatable bonds is 8. The number of carbonyl (C=O) groups is 4. The molecule has 0 atom stereocenters. The van der Waals surface area contributed by atoms with Crippen molar-refractivity contribution in [1.29, 1.82) is 0 Å². The number of alkyl halides is 3. The minimum absolute atomic E-state index is 0.0616. The molecule has 1 aliphatic heterocycles. The number of carbonyl (C=O) groups excluding carboxylic acids is 4. The van der Waals surface area contributed by atoms with Crippen molar-refractivity contribution in [2.24, 2.45) is 0 Å². The SMILES string of the molecule is O=C(NCc1ccc(C(F)(F)F)nc1)c1ccc(N(Cc2cccc(Cl)c2Cl)C(=O)CN2C(=O)c3ccccc3C2=O)cc1. The fraction of sp³-hybridized carbons (Fsp3) is 0.129. The third kappa shape index (κ3) is 6.43. The molecule has 44 heavy (non-hydrogen) atoms. The summed E-state index contributed by atoms with van der Waals surface area (Å²) in [6, 6.07) is 19.2. The molecule has 4 amide bonds. The van der Waals surface area contributed by atoms with Crippen molar-refractivity contribution in [2.75, 3.05) is 11.4 Å². The molecular weight excluding hydrogens is 620 g/mol. The van der Waals surface area contributed by atoms with E-state index in [4.69, 9.17) is 23.2 Å². The second-order valence-electron chi connectivity index (χ2n) is 9.71. The summed E-state index contributed by atoms with van der Waals surface area (Å²) in [6.07, 6.45) is -3.54. The first-order chi connectivity index (χ1) is 20.9. The number of anilines is 1. The Bertz CT molecular complexity index is 1730. The molecule has 4 aromatic rings. The maximum absolute atomic E-state index is 13.7. The number of fused-ring (bicyclic) bond motifs is 1. The van der Waals surface area contributed by atoms with Crippen molar-refractivity contribution in [3.8, 4) is 0 Å². The summed E-state index contributed by atoms with van der Waals surface area (Å²) in [5.41, 5.74) is 0.792. The van der Waals surface area contributed by atoms with E-state index in [1.807, 2.05) is 0 Å². The highest BCUT2D eigenvalue weighted by atomic mass is 35.5. The van der Waals surface area contributed by atoms with Gasteiger partial charge in [0.1, 0.15) is 12.2 Å². The average Bonchev–Trinajstić information content (AvgIpc) is 3.25. The smallest absolute Gasteiger partial charge is 0.348 e. The number of imide groups is 1. The van der Waals surface area contributed by atoms with Crippen LogP contribution in [0, 0.1) is 0 Å². The fourth-order valence-corrected chi connectivity index (χ4v) is 4.92. The van der Waals surface area contributed by atoms with E-state index in [0.29, 0.717) is 16.8 Å². The normalized spacial score (nSPS) is 12.7. The van der Waals surface area contributed by atoms with Crippen LogP contribution in [0.5, 0.6) is 0 Å². The van der Waals surface area contributed by atoms with Crippen molar-refractivity contribution in [3.63, 3.8) is 0 Å². The minimum Gasteiger partial charge on any atom is -0.348 e. The Balaban J connectivity index is 1.34. The predicted molar refractivity (Wildman–Crippen MR) is 156 cm³/mol. The van der Waals surface area contributed by atoms with Gasteiger partial charge in [-0.2, -0.15) is 13.2 Å². The zero-order valence-electron chi connectivity index (χ0n) is 22.6. The third-order valence-electron chi connectivity index (χ3n) is 6.84. The molecule has 0 aliphatic carbocycles. The van der Waals surface area contributed by atoms with E-state index >= 15 is 0 Å². The van der Waals surface area contributed by atoms with E-state index in [9.17, 15) is 32.3 Å². The Morgan fingerprint density at radius 3 is 2.11 bits per heavy atom. The summed E-state index contributed by atoms with van der Waals surface area (Å²) in [5, 5.41) is 3.10. The number of hydrogen-bond acceptors (Lipinski definition) is 5. The van der Waals surface area contributed by atoms with E-state index in [2.05, 4.69) is 10.3 Å². The zero-order chi connectivity index (χ0) is 31.6. The maximum Gasteiger partial charge on any atom is 0.433 e. The standard InChI is InChI=1S/C31H21Cl2F3N4O4/c32-24-7-3-4-20(27(24)33)16-39(26(41)17-40-29(43)22-5-1-2-6-23(22)30(40)44)21-11-9-19(10-12-21)28(42)38-15-18-8-13-25(37-14-18)31(34,35)36/h1-14H,15-17H2,(H,38,42). The van der Waals surface area contributed by atoms with Crippen LogP contribution >= 0.6 is 23.2 Å². The summed E-state index contributed by atoms with van der Waals surface area (Å²) in [7, 11) is 0. The molecule has 0 spiro atoms. The lowest BCUT2D eigenvalue weighted by atomic mass is 10.1. The molecule has 0 saturated heterocycles. The summed E-state index contributed by atoms with van der Waals surface area (Å²) in [4.78, 5) is 57.8. The van der Waals surface area contributed by atoms with Gasteiger partial charge in [-0.25, -0.2) is 0 Å². The summed E-state index contributed by atoms with van der Waals surface area (Å²) in [6.45, 7) is -0.675. The van der Waals surface area contributed by atoms with Crippen molar-refractivity contribution in [1.82, 2.24) is 15.2 Å². The second-order valence-corrected chi connectivity index (χ2v) is 10.5. The molecule has 3 aromatic carbocycles. The first-order valence-corrected chi connectivity index (χ1v) is 13.8. The largest absolute Gasteiger partial charge is 0.433 e. The van der Waals surface area contributed by atoms with Crippen molar-refractivity contribution in [3.05, 3.63) is 129 Å². The van der Waals surface area contributed by atoms with Gasteiger partial charge in [0.25, 0.3) is 17.7 Å². The third-order valence-corrected chi connectivity index (χ3v) is 7.70. The van der Waals surface area contributed by atoms with Crippen molar-refractivity contribution < 1.29 is 32.3 Å². The van der Waals surface area contributed by atoms with Gasteiger partial charge in [-0.15, -0.1) is 0 Å². The molecule has 0 unspecified atom stereocenters. The van der Waals surface area contributed by atoms with Crippen molar-refractivity contribution >= 4 is 52.5 Å². The van der Waals surface area contributed by atoms with E-state index in [1.54, 1.807) is 30.3 Å². The fourth-order valence-electron chi connectivity index (χ4n) is 4.54. The van der Waals surface area contributed by atoms with E-state index < -0.39 is 42.0 Å². The summed E-state index contributed by atoms with van der Waals surface area (Å²) < 4.78 is 38.2. The van der Waals surface area contributed by atoms with E-state index in [-0.39, 0.29) is 39.8 Å². The number of benzene rings is 3. The lowest BCUT2D eigenvalue weighted by Crippen LogP contribution is -2.42. The van der Waals surface area contributed by atoms with E-state index in [0.717, 1.165) is 17.2 Å². The number of nitrogens with one attached hydrogen (secondary N) is 1.